The molecule has 0 aliphatic rings. The van der Waals surface area contributed by atoms with Gasteiger partial charge in [0.2, 0.25) is 0 Å². The first-order valence-electron chi connectivity index (χ1n) is 6.59. The van der Waals surface area contributed by atoms with Gasteiger partial charge in [0.15, 0.2) is 0 Å². The van der Waals surface area contributed by atoms with Crippen molar-refractivity contribution in [2.45, 2.75) is 52.9 Å². The van der Waals surface area contributed by atoms with Gasteiger partial charge in [0.05, 0.1) is 0 Å². The third-order valence-corrected chi connectivity index (χ3v) is 2.53. The van der Waals surface area contributed by atoms with Gasteiger partial charge in [-0.1, -0.05) is 51.2 Å². The van der Waals surface area contributed by atoms with Crippen molar-refractivity contribution in [2.75, 3.05) is 0 Å². The van der Waals surface area contributed by atoms with Crippen molar-refractivity contribution >= 4 is 0 Å². The lowest BCUT2D eigenvalue weighted by atomic mass is 10.0. The Morgan fingerprint density at radius 3 is 2.25 bits per heavy atom. The zero-order valence-corrected chi connectivity index (χ0v) is 11.3. The lowest BCUT2D eigenvalue weighted by Gasteiger charge is -2.02. The third kappa shape index (κ3) is 11.3. The summed E-state index contributed by atoms with van der Waals surface area (Å²) in [4.78, 5) is 0. The van der Waals surface area contributed by atoms with Gasteiger partial charge in [-0.15, -0.1) is 6.58 Å². The molecule has 0 saturated heterocycles. The zero-order chi connectivity index (χ0) is 12.2. The minimum atomic E-state index is 0.673. The molecule has 0 spiro atoms. The molecule has 0 saturated carbocycles. The topological polar surface area (TPSA) is 0 Å². The van der Waals surface area contributed by atoms with Crippen LogP contribution in [-0.4, -0.2) is 0 Å². The molecule has 1 atom stereocenters. The Hall–Kier alpha value is -0.780. The van der Waals surface area contributed by atoms with Crippen LogP contribution in [0.4, 0.5) is 0 Å². The molecule has 0 fully saturated rings. The van der Waals surface area contributed by atoms with Crippen LogP contribution >= 0.6 is 0 Å². The monoisotopic (exact) mass is 220 g/mol. The molecule has 92 valence electrons. The molecule has 0 bridgehead atoms. The zero-order valence-electron chi connectivity index (χ0n) is 11.3. The van der Waals surface area contributed by atoms with Gasteiger partial charge in [-0.2, -0.15) is 0 Å². The van der Waals surface area contributed by atoms with Crippen LogP contribution in [0, 0.1) is 11.8 Å². The Bertz CT molecular complexity index is 208. The van der Waals surface area contributed by atoms with Crippen LogP contribution < -0.4 is 0 Å². The molecule has 0 aliphatic heterocycles. The van der Waals surface area contributed by atoms with Gasteiger partial charge in [-0.25, -0.2) is 0 Å². The number of hydrogen-bond donors (Lipinski definition) is 0. The van der Waals surface area contributed by atoms with Crippen LogP contribution in [0.25, 0.3) is 0 Å². The fourth-order valence-corrected chi connectivity index (χ4v) is 1.47. The molecule has 0 aliphatic carbocycles. The molecule has 1 unspecified atom stereocenters. The maximum atomic E-state index is 3.72. The summed E-state index contributed by atoms with van der Waals surface area (Å²) in [5.41, 5.74) is 0. The first-order chi connectivity index (χ1) is 7.66. The Morgan fingerprint density at radius 1 is 0.938 bits per heavy atom. The summed E-state index contributed by atoms with van der Waals surface area (Å²) in [7, 11) is 0. The molecular weight excluding hydrogens is 192 g/mol. The van der Waals surface area contributed by atoms with E-state index in [-0.39, 0.29) is 0 Å². The van der Waals surface area contributed by atoms with E-state index in [2.05, 4.69) is 51.7 Å². The van der Waals surface area contributed by atoms with E-state index in [1.807, 2.05) is 6.08 Å². The largest absolute Gasteiger partial charge is 0.103 e. The van der Waals surface area contributed by atoms with E-state index in [1.165, 1.54) is 25.7 Å². The Labute approximate surface area is 102 Å². The van der Waals surface area contributed by atoms with E-state index in [4.69, 9.17) is 0 Å². The second-order valence-electron chi connectivity index (χ2n) is 4.96. The molecule has 0 amide bonds. The molecule has 0 aromatic rings. The van der Waals surface area contributed by atoms with Crippen LogP contribution in [-0.2, 0) is 0 Å². The quantitative estimate of drug-likeness (QED) is 0.354. The van der Waals surface area contributed by atoms with Crippen LogP contribution in [0.5, 0.6) is 0 Å². The highest BCUT2D eigenvalue weighted by Crippen LogP contribution is 2.08. The van der Waals surface area contributed by atoms with Crippen molar-refractivity contribution in [1.29, 1.82) is 0 Å². The molecule has 0 aromatic carbocycles. The lowest BCUT2D eigenvalue weighted by molar-refractivity contribution is 0.658. The second-order valence-corrected chi connectivity index (χ2v) is 4.96. The Balaban J connectivity index is 3.53. The van der Waals surface area contributed by atoms with E-state index in [1.54, 1.807) is 0 Å². The van der Waals surface area contributed by atoms with E-state index in [9.17, 15) is 0 Å². The van der Waals surface area contributed by atoms with Crippen LogP contribution in [0.2, 0.25) is 0 Å². The maximum Gasteiger partial charge on any atom is -0.0227 e. The minimum absolute atomic E-state index is 0.673. The summed E-state index contributed by atoms with van der Waals surface area (Å²) in [6, 6.07) is 0. The number of allylic oxidation sites excluding steroid dienone is 5. The van der Waals surface area contributed by atoms with Gasteiger partial charge < -0.3 is 0 Å². The fraction of sp³-hybridized carbons (Fsp3) is 0.625. The third-order valence-electron chi connectivity index (χ3n) is 2.53. The second kappa shape index (κ2) is 10.7. The van der Waals surface area contributed by atoms with Crippen molar-refractivity contribution < 1.29 is 0 Å². The lowest BCUT2D eigenvalue weighted by Crippen LogP contribution is -1.87. The average molecular weight is 220 g/mol. The highest BCUT2D eigenvalue weighted by Gasteiger charge is 1.93. The number of rotatable bonds is 9. The first-order valence-corrected chi connectivity index (χ1v) is 6.59. The number of unbranched alkanes of at least 4 members (excludes halogenated alkanes) is 2. The molecule has 0 aromatic heterocycles. The SMILES string of the molecule is C=CCCCC=CC(C)CC=CCC(C)C. The first kappa shape index (κ1) is 15.2. The van der Waals surface area contributed by atoms with Gasteiger partial charge in [-0.05, 0) is 43.9 Å². The molecule has 0 radical (unpaired) electrons. The van der Waals surface area contributed by atoms with Crippen LogP contribution in [0.3, 0.4) is 0 Å². The van der Waals surface area contributed by atoms with E-state index in [0.717, 1.165) is 12.3 Å². The van der Waals surface area contributed by atoms with Crippen molar-refractivity contribution in [3.05, 3.63) is 37.0 Å². The van der Waals surface area contributed by atoms with Crippen molar-refractivity contribution in [3.8, 4) is 0 Å². The van der Waals surface area contributed by atoms with Crippen molar-refractivity contribution in [2.24, 2.45) is 11.8 Å². The molecule has 0 N–H and O–H groups in total. The van der Waals surface area contributed by atoms with Gasteiger partial charge in [0.25, 0.3) is 0 Å². The van der Waals surface area contributed by atoms with Gasteiger partial charge in [-0.3, -0.25) is 0 Å². The van der Waals surface area contributed by atoms with E-state index >= 15 is 0 Å². The summed E-state index contributed by atoms with van der Waals surface area (Å²) >= 11 is 0. The normalized spacial score (nSPS) is 14.0. The standard InChI is InChI=1S/C16H28/c1-5-6-7-8-9-13-16(4)14-11-10-12-15(2)3/h5,9-11,13,15-16H,1,6-8,12,14H2,2-4H3. The van der Waals surface area contributed by atoms with Crippen LogP contribution in [0.15, 0.2) is 37.0 Å². The highest BCUT2D eigenvalue weighted by molar-refractivity contribution is 4.92. The molecule has 0 heterocycles. The molecule has 0 nitrogen and oxygen atoms in total. The summed E-state index contributed by atoms with van der Waals surface area (Å²) in [6.07, 6.45) is 17.2. The predicted molar refractivity (Wildman–Crippen MR) is 75.6 cm³/mol. The van der Waals surface area contributed by atoms with Gasteiger partial charge in [0.1, 0.15) is 0 Å². The summed E-state index contributed by atoms with van der Waals surface area (Å²) in [5, 5.41) is 0. The highest BCUT2D eigenvalue weighted by atomic mass is 14.0. The molecule has 16 heavy (non-hydrogen) atoms. The van der Waals surface area contributed by atoms with E-state index < -0.39 is 0 Å². The van der Waals surface area contributed by atoms with Gasteiger partial charge in [0, 0.05) is 0 Å². The van der Waals surface area contributed by atoms with Gasteiger partial charge >= 0.3 is 0 Å². The van der Waals surface area contributed by atoms with E-state index in [0.29, 0.717) is 5.92 Å². The van der Waals surface area contributed by atoms with Crippen molar-refractivity contribution in [3.63, 3.8) is 0 Å². The minimum Gasteiger partial charge on any atom is -0.103 e. The molecule has 0 rings (SSSR count). The predicted octanol–water partition coefficient (Wildman–Crippen LogP) is 5.53. The Morgan fingerprint density at radius 2 is 1.62 bits per heavy atom. The summed E-state index contributed by atoms with van der Waals surface area (Å²) in [5.74, 6) is 1.45. The maximum absolute atomic E-state index is 3.72. The summed E-state index contributed by atoms with van der Waals surface area (Å²) in [6.45, 7) is 10.5. The molecular formula is C16H28. The fourth-order valence-electron chi connectivity index (χ4n) is 1.47. The van der Waals surface area contributed by atoms with Crippen LogP contribution in [0.1, 0.15) is 52.9 Å². The Kier molecular flexibility index (Phi) is 10.2. The molecule has 0 heteroatoms. The smallest absolute Gasteiger partial charge is 0.0227 e. The average Bonchev–Trinajstić information content (AvgIpc) is 2.24. The summed E-state index contributed by atoms with van der Waals surface area (Å²) < 4.78 is 0. The number of hydrogen-bond acceptors (Lipinski definition) is 0. The van der Waals surface area contributed by atoms with Crippen molar-refractivity contribution in [1.82, 2.24) is 0 Å².